The molecule has 110 valence electrons. The molecule has 0 aromatic carbocycles. The monoisotopic (exact) mass is 291 g/mol. The molecular weight excluding hydrogens is 270 g/mol. The van der Waals surface area contributed by atoms with E-state index in [0.717, 1.165) is 12.8 Å². The van der Waals surface area contributed by atoms with Gasteiger partial charge in [-0.2, -0.15) is 0 Å². The number of rotatable bonds is 6. The maximum atomic E-state index is 11.8. The van der Waals surface area contributed by atoms with E-state index in [9.17, 15) is 18.0 Å². The topological polar surface area (TPSA) is 91.8 Å². The minimum Gasteiger partial charge on any atom is -0.481 e. The van der Waals surface area contributed by atoms with Crippen molar-refractivity contribution in [1.29, 1.82) is 0 Å². The Morgan fingerprint density at radius 1 is 1.26 bits per heavy atom. The lowest BCUT2D eigenvalue weighted by Gasteiger charge is -2.30. The molecule has 6 nitrogen and oxygen atoms in total. The fraction of sp³-hybridized carbons (Fsp3) is 0.833. The second-order valence-corrected chi connectivity index (χ2v) is 7.34. The van der Waals surface area contributed by atoms with Crippen LogP contribution in [0.2, 0.25) is 0 Å². The predicted molar refractivity (Wildman–Crippen MR) is 70.5 cm³/mol. The van der Waals surface area contributed by atoms with Gasteiger partial charge in [0.25, 0.3) is 0 Å². The standard InChI is InChI=1S/C12H21NO5S/c1-10-4-6-13(7-5-10)11(14)9-19(17,18)8-2-3-12(15)16/h10H,2-9H2,1H3,(H,15,16). The molecule has 1 saturated heterocycles. The largest absolute Gasteiger partial charge is 0.481 e. The summed E-state index contributed by atoms with van der Waals surface area (Å²) in [5.74, 6) is -1.54. The first-order valence-electron chi connectivity index (χ1n) is 6.50. The molecule has 1 N–H and O–H groups in total. The molecule has 0 spiro atoms. The third-order valence-electron chi connectivity index (χ3n) is 3.33. The van der Waals surface area contributed by atoms with Gasteiger partial charge in [-0.05, 0) is 25.2 Å². The second-order valence-electron chi connectivity index (χ2n) is 5.15. The maximum absolute atomic E-state index is 11.8. The van der Waals surface area contributed by atoms with Crippen molar-refractivity contribution >= 4 is 21.7 Å². The summed E-state index contributed by atoms with van der Waals surface area (Å²) in [5, 5.41) is 8.45. The molecule has 1 aliphatic heterocycles. The van der Waals surface area contributed by atoms with Gasteiger partial charge in [0.05, 0.1) is 5.75 Å². The minimum atomic E-state index is -3.49. The molecule has 1 aliphatic rings. The highest BCUT2D eigenvalue weighted by Gasteiger charge is 2.24. The Morgan fingerprint density at radius 2 is 1.84 bits per heavy atom. The number of aliphatic carboxylic acids is 1. The van der Waals surface area contributed by atoms with Crippen LogP contribution in [0.3, 0.4) is 0 Å². The lowest BCUT2D eigenvalue weighted by Crippen LogP contribution is -2.41. The molecule has 0 aromatic heterocycles. The molecule has 19 heavy (non-hydrogen) atoms. The third kappa shape index (κ3) is 6.04. The van der Waals surface area contributed by atoms with Crippen LogP contribution in [0, 0.1) is 5.92 Å². The Hall–Kier alpha value is -1.11. The van der Waals surface area contributed by atoms with Crippen molar-refractivity contribution in [3.8, 4) is 0 Å². The molecule has 0 aromatic rings. The van der Waals surface area contributed by atoms with Crippen molar-refractivity contribution in [3.63, 3.8) is 0 Å². The van der Waals surface area contributed by atoms with Crippen LogP contribution in [0.1, 0.15) is 32.6 Å². The van der Waals surface area contributed by atoms with E-state index in [1.54, 1.807) is 4.90 Å². The quantitative estimate of drug-likeness (QED) is 0.770. The Bertz CT molecular complexity index is 423. The summed E-state index contributed by atoms with van der Waals surface area (Å²) in [6.45, 7) is 3.35. The fourth-order valence-corrected chi connectivity index (χ4v) is 3.34. The number of hydrogen-bond acceptors (Lipinski definition) is 4. The molecule has 1 rings (SSSR count). The Balaban J connectivity index is 2.40. The fourth-order valence-electron chi connectivity index (χ4n) is 2.05. The van der Waals surface area contributed by atoms with Gasteiger partial charge in [0.15, 0.2) is 9.84 Å². The minimum absolute atomic E-state index is 0.0575. The van der Waals surface area contributed by atoms with Gasteiger partial charge in [-0.1, -0.05) is 6.92 Å². The zero-order valence-corrected chi connectivity index (χ0v) is 12.0. The number of nitrogens with zero attached hydrogens (tertiary/aromatic N) is 1. The lowest BCUT2D eigenvalue weighted by atomic mass is 9.99. The predicted octanol–water partition coefficient (Wildman–Crippen LogP) is 0.524. The summed E-state index contributed by atoms with van der Waals surface area (Å²) in [6, 6.07) is 0. The first-order valence-corrected chi connectivity index (χ1v) is 8.32. The van der Waals surface area contributed by atoms with Gasteiger partial charge in [0, 0.05) is 19.5 Å². The molecule has 0 radical (unpaired) electrons. The number of carbonyl (C=O) groups is 2. The Labute approximate surface area is 113 Å². The number of hydrogen-bond donors (Lipinski definition) is 1. The van der Waals surface area contributed by atoms with Crippen LogP contribution >= 0.6 is 0 Å². The lowest BCUT2D eigenvalue weighted by molar-refractivity contribution is -0.137. The summed E-state index contributed by atoms with van der Waals surface area (Å²) >= 11 is 0. The molecule has 0 atom stereocenters. The van der Waals surface area contributed by atoms with E-state index in [4.69, 9.17) is 5.11 Å². The van der Waals surface area contributed by atoms with Crippen molar-refractivity contribution in [3.05, 3.63) is 0 Å². The van der Waals surface area contributed by atoms with Crippen LogP contribution in [0.5, 0.6) is 0 Å². The summed E-state index contributed by atoms with van der Waals surface area (Å²) in [4.78, 5) is 23.8. The number of piperidine rings is 1. The Kier molecular flexibility index (Phi) is 5.78. The van der Waals surface area contributed by atoms with Crippen LogP contribution in [0.15, 0.2) is 0 Å². The number of amides is 1. The molecular formula is C12H21NO5S. The molecule has 1 fully saturated rings. The first-order chi connectivity index (χ1) is 8.80. The number of sulfone groups is 1. The van der Waals surface area contributed by atoms with E-state index in [1.807, 2.05) is 0 Å². The number of carbonyl (C=O) groups excluding carboxylic acids is 1. The van der Waals surface area contributed by atoms with Gasteiger partial charge in [-0.25, -0.2) is 8.42 Å². The molecule has 7 heteroatoms. The van der Waals surface area contributed by atoms with E-state index >= 15 is 0 Å². The average molecular weight is 291 g/mol. The van der Waals surface area contributed by atoms with E-state index in [1.165, 1.54) is 0 Å². The zero-order chi connectivity index (χ0) is 14.5. The Morgan fingerprint density at radius 3 is 2.37 bits per heavy atom. The van der Waals surface area contributed by atoms with Crippen molar-refractivity contribution in [2.45, 2.75) is 32.6 Å². The van der Waals surface area contributed by atoms with Gasteiger partial charge in [-0.15, -0.1) is 0 Å². The summed E-state index contributed by atoms with van der Waals surface area (Å²) < 4.78 is 23.4. The normalized spacial score (nSPS) is 17.4. The summed E-state index contributed by atoms with van der Waals surface area (Å²) in [6.07, 6.45) is 1.69. The summed E-state index contributed by atoms with van der Waals surface area (Å²) in [7, 11) is -3.49. The third-order valence-corrected chi connectivity index (χ3v) is 4.92. The van der Waals surface area contributed by atoms with Gasteiger partial charge >= 0.3 is 5.97 Å². The first kappa shape index (κ1) is 15.9. The maximum Gasteiger partial charge on any atom is 0.303 e. The van der Waals surface area contributed by atoms with Crippen molar-refractivity contribution in [2.24, 2.45) is 5.92 Å². The van der Waals surface area contributed by atoms with Crippen molar-refractivity contribution < 1.29 is 23.1 Å². The van der Waals surface area contributed by atoms with Crippen LogP contribution in [0.4, 0.5) is 0 Å². The molecule has 0 bridgehead atoms. The van der Waals surface area contributed by atoms with Crippen LogP contribution in [-0.4, -0.2) is 54.9 Å². The van der Waals surface area contributed by atoms with E-state index in [-0.39, 0.29) is 24.5 Å². The number of carboxylic acids is 1. The zero-order valence-electron chi connectivity index (χ0n) is 11.2. The molecule has 0 saturated carbocycles. The van der Waals surface area contributed by atoms with Gasteiger partial charge in [0.2, 0.25) is 5.91 Å². The van der Waals surface area contributed by atoms with E-state index < -0.39 is 21.6 Å². The summed E-state index contributed by atoms with van der Waals surface area (Å²) in [5.41, 5.74) is 0. The highest BCUT2D eigenvalue weighted by molar-refractivity contribution is 7.92. The number of likely N-dealkylation sites (tertiary alicyclic amines) is 1. The van der Waals surface area contributed by atoms with Crippen LogP contribution in [-0.2, 0) is 19.4 Å². The van der Waals surface area contributed by atoms with Crippen LogP contribution < -0.4 is 0 Å². The molecule has 0 aliphatic carbocycles. The van der Waals surface area contributed by atoms with Gasteiger partial charge in [-0.3, -0.25) is 9.59 Å². The highest BCUT2D eigenvalue weighted by Crippen LogP contribution is 2.16. The molecule has 0 unspecified atom stereocenters. The smallest absolute Gasteiger partial charge is 0.303 e. The van der Waals surface area contributed by atoms with E-state index in [2.05, 4.69) is 6.92 Å². The van der Waals surface area contributed by atoms with Crippen molar-refractivity contribution in [1.82, 2.24) is 4.90 Å². The van der Waals surface area contributed by atoms with Gasteiger partial charge < -0.3 is 10.0 Å². The van der Waals surface area contributed by atoms with Crippen molar-refractivity contribution in [2.75, 3.05) is 24.6 Å². The van der Waals surface area contributed by atoms with Crippen LogP contribution in [0.25, 0.3) is 0 Å². The average Bonchev–Trinajstić information content (AvgIpc) is 2.28. The molecule has 1 heterocycles. The number of carboxylic acid groups (broad SMARTS) is 1. The molecule has 1 amide bonds. The van der Waals surface area contributed by atoms with E-state index in [0.29, 0.717) is 19.0 Å². The highest BCUT2D eigenvalue weighted by atomic mass is 32.2. The SMILES string of the molecule is CC1CCN(C(=O)CS(=O)(=O)CCCC(=O)O)CC1. The second kappa shape index (κ2) is 6.88. The van der Waals surface area contributed by atoms with Gasteiger partial charge in [0.1, 0.15) is 5.75 Å².